The Morgan fingerprint density at radius 1 is 1.17 bits per heavy atom. The second-order valence-electron chi connectivity index (χ2n) is 8.02. The molecule has 0 unspecified atom stereocenters. The average molecular weight is 508 g/mol. The molecular formula is C26H25N3O6S. The van der Waals surface area contributed by atoms with Gasteiger partial charge in [-0.1, -0.05) is 30.8 Å². The number of amides is 1. The zero-order valence-corrected chi connectivity index (χ0v) is 20.7. The number of para-hydroxylation sites is 2. The van der Waals surface area contributed by atoms with Crippen molar-refractivity contribution in [3.05, 3.63) is 70.9 Å². The molecule has 36 heavy (non-hydrogen) atoms. The zero-order valence-electron chi connectivity index (χ0n) is 19.9. The topological polar surface area (TPSA) is 105 Å². The van der Waals surface area contributed by atoms with Crippen LogP contribution in [0.2, 0.25) is 0 Å². The summed E-state index contributed by atoms with van der Waals surface area (Å²) in [6, 6.07) is 14.2. The van der Waals surface area contributed by atoms with Crippen LogP contribution in [0.25, 0.3) is 10.9 Å². The molecule has 0 aliphatic carbocycles. The van der Waals surface area contributed by atoms with Gasteiger partial charge in [-0.15, -0.1) is 0 Å². The van der Waals surface area contributed by atoms with E-state index in [4.69, 9.17) is 23.6 Å². The van der Waals surface area contributed by atoms with E-state index in [1.807, 2.05) is 32.0 Å². The molecule has 0 spiro atoms. The van der Waals surface area contributed by atoms with Crippen molar-refractivity contribution in [3.63, 3.8) is 0 Å². The Morgan fingerprint density at radius 3 is 2.72 bits per heavy atom. The quantitative estimate of drug-likeness (QED) is 0.257. The first-order valence-corrected chi connectivity index (χ1v) is 12.5. The van der Waals surface area contributed by atoms with Crippen LogP contribution in [-0.4, -0.2) is 34.1 Å². The van der Waals surface area contributed by atoms with E-state index >= 15 is 0 Å². The number of hydrogen-bond acceptors (Lipinski definition) is 8. The summed E-state index contributed by atoms with van der Waals surface area (Å²) in [5.74, 6) is 2.03. The normalized spacial score (nSPS) is 13.1. The molecule has 0 fully saturated rings. The Kier molecular flexibility index (Phi) is 6.86. The highest BCUT2D eigenvalue weighted by Gasteiger charge is 2.25. The lowest BCUT2D eigenvalue weighted by molar-refractivity contribution is -0.115. The fraction of sp³-hybridized carbons (Fsp3) is 0.269. The van der Waals surface area contributed by atoms with Crippen molar-refractivity contribution in [1.82, 2.24) is 9.55 Å². The maximum atomic E-state index is 13.6. The number of hydrogen-bond donors (Lipinski definition) is 1. The van der Waals surface area contributed by atoms with E-state index < -0.39 is 5.25 Å². The SMILES string of the molecule is CCOc1ccccc1NC(=O)[C@@H](CC)Sc1nc2cc3c(cc2c(=O)n1Cc1ccco1)OCO3. The third kappa shape index (κ3) is 4.76. The van der Waals surface area contributed by atoms with Crippen LogP contribution < -0.4 is 25.1 Å². The summed E-state index contributed by atoms with van der Waals surface area (Å²) in [6.07, 6.45) is 2.07. The van der Waals surface area contributed by atoms with E-state index in [-0.39, 0.29) is 24.8 Å². The molecule has 0 saturated carbocycles. The molecule has 2 aromatic carbocycles. The highest BCUT2D eigenvalue weighted by molar-refractivity contribution is 8.00. The smallest absolute Gasteiger partial charge is 0.262 e. The first-order valence-electron chi connectivity index (χ1n) is 11.6. The number of fused-ring (bicyclic) bond motifs is 2. The van der Waals surface area contributed by atoms with Gasteiger partial charge in [0, 0.05) is 6.07 Å². The zero-order chi connectivity index (χ0) is 25.1. The van der Waals surface area contributed by atoms with E-state index in [2.05, 4.69) is 5.32 Å². The summed E-state index contributed by atoms with van der Waals surface area (Å²) in [6.45, 7) is 4.56. The van der Waals surface area contributed by atoms with Crippen LogP contribution in [0, 0.1) is 0 Å². The van der Waals surface area contributed by atoms with Gasteiger partial charge in [0.15, 0.2) is 16.7 Å². The van der Waals surface area contributed by atoms with Crippen molar-refractivity contribution in [2.75, 3.05) is 18.7 Å². The molecule has 186 valence electrons. The number of nitrogens with zero attached hydrogens (tertiary/aromatic N) is 2. The van der Waals surface area contributed by atoms with Gasteiger partial charge in [0.1, 0.15) is 11.5 Å². The monoisotopic (exact) mass is 507 g/mol. The second kappa shape index (κ2) is 10.4. The Balaban J connectivity index is 1.50. The maximum absolute atomic E-state index is 13.6. The van der Waals surface area contributed by atoms with Crippen molar-refractivity contribution in [2.24, 2.45) is 0 Å². The van der Waals surface area contributed by atoms with Crippen molar-refractivity contribution in [3.8, 4) is 17.2 Å². The third-order valence-corrected chi connectivity index (χ3v) is 7.02. The highest BCUT2D eigenvalue weighted by Crippen LogP contribution is 2.36. The van der Waals surface area contributed by atoms with Gasteiger partial charge in [0.25, 0.3) is 5.56 Å². The molecule has 0 saturated heterocycles. The minimum absolute atomic E-state index is 0.0924. The van der Waals surface area contributed by atoms with Gasteiger partial charge in [-0.05, 0) is 43.7 Å². The Morgan fingerprint density at radius 2 is 1.97 bits per heavy atom. The van der Waals surface area contributed by atoms with Crippen LogP contribution in [0.5, 0.6) is 17.2 Å². The summed E-state index contributed by atoms with van der Waals surface area (Å²) >= 11 is 1.23. The minimum atomic E-state index is -0.513. The molecule has 4 aromatic rings. The number of carbonyl (C=O) groups excluding carboxylic acids is 1. The number of rotatable bonds is 9. The van der Waals surface area contributed by atoms with E-state index in [1.54, 1.807) is 36.6 Å². The Labute approximate surface area is 211 Å². The summed E-state index contributed by atoms with van der Waals surface area (Å²) < 4.78 is 23.6. The average Bonchev–Trinajstić information content (AvgIpc) is 3.56. The van der Waals surface area contributed by atoms with Crippen LogP contribution in [-0.2, 0) is 11.3 Å². The molecule has 1 aliphatic heterocycles. The second-order valence-corrected chi connectivity index (χ2v) is 9.19. The molecule has 5 rings (SSSR count). The molecular weight excluding hydrogens is 482 g/mol. The van der Waals surface area contributed by atoms with Gasteiger partial charge in [0.05, 0.1) is 41.3 Å². The first-order chi connectivity index (χ1) is 17.6. The molecule has 0 radical (unpaired) electrons. The molecule has 3 heterocycles. The minimum Gasteiger partial charge on any atom is -0.492 e. The summed E-state index contributed by atoms with van der Waals surface area (Å²) in [7, 11) is 0. The Bertz CT molecular complexity index is 1450. The predicted octanol–water partition coefficient (Wildman–Crippen LogP) is 4.67. The number of anilines is 1. The van der Waals surface area contributed by atoms with Crippen LogP contribution >= 0.6 is 11.8 Å². The number of aromatic nitrogens is 2. The van der Waals surface area contributed by atoms with Crippen molar-refractivity contribution in [2.45, 2.75) is 37.2 Å². The van der Waals surface area contributed by atoms with Crippen molar-refractivity contribution in [1.29, 1.82) is 0 Å². The van der Waals surface area contributed by atoms with Gasteiger partial charge in [-0.2, -0.15) is 0 Å². The molecule has 9 nitrogen and oxygen atoms in total. The summed E-state index contributed by atoms with van der Waals surface area (Å²) in [4.78, 5) is 31.6. The molecule has 1 atom stereocenters. The van der Waals surface area contributed by atoms with Gasteiger partial charge >= 0.3 is 0 Å². The molecule has 10 heteroatoms. The van der Waals surface area contributed by atoms with E-state index in [1.165, 1.54) is 16.3 Å². The van der Waals surface area contributed by atoms with Crippen LogP contribution in [0.15, 0.2) is 69.2 Å². The lowest BCUT2D eigenvalue weighted by Crippen LogP contribution is -2.28. The van der Waals surface area contributed by atoms with Gasteiger partial charge in [-0.3, -0.25) is 14.2 Å². The van der Waals surface area contributed by atoms with Crippen molar-refractivity contribution >= 4 is 34.3 Å². The number of carbonyl (C=O) groups is 1. The van der Waals surface area contributed by atoms with E-state index in [0.29, 0.717) is 57.8 Å². The van der Waals surface area contributed by atoms with Gasteiger partial charge < -0.3 is 23.9 Å². The first kappa shape index (κ1) is 23.8. The lowest BCUT2D eigenvalue weighted by atomic mass is 10.2. The van der Waals surface area contributed by atoms with Crippen molar-refractivity contribution < 1.29 is 23.4 Å². The highest BCUT2D eigenvalue weighted by atomic mass is 32.2. The number of nitrogens with one attached hydrogen (secondary N) is 1. The van der Waals surface area contributed by atoms with Gasteiger partial charge in [-0.25, -0.2) is 4.98 Å². The fourth-order valence-electron chi connectivity index (χ4n) is 3.89. The van der Waals surface area contributed by atoms with Crippen LogP contribution in [0.4, 0.5) is 5.69 Å². The van der Waals surface area contributed by atoms with Crippen LogP contribution in [0.3, 0.4) is 0 Å². The number of furan rings is 1. The summed E-state index contributed by atoms with van der Waals surface area (Å²) in [5.41, 5.74) is 0.809. The molecule has 2 aromatic heterocycles. The molecule has 1 amide bonds. The molecule has 0 bridgehead atoms. The number of ether oxygens (including phenoxy) is 3. The molecule has 1 N–H and O–H groups in total. The Hall–Kier alpha value is -3.92. The summed E-state index contributed by atoms with van der Waals surface area (Å²) in [5, 5.41) is 3.26. The van der Waals surface area contributed by atoms with Gasteiger partial charge in [0.2, 0.25) is 12.7 Å². The lowest BCUT2D eigenvalue weighted by Gasteiger charge is -2.18. The predicted molar refractivity (Wildman–Crippen MR) is 136 cm³/mol. The fourth-order valence-corrected chi connectivity index (χ4v) is 4.91. The standard InChI is InChI=1S/C26H25N3O6S/c1-3-23(24(30)27-18-9-5-6-10-20(18)32-4-2)36-26-28-19-13-22-21(34-15-35-22)12-17(19)25(31)29(26)14-16-8-7-11-33-16/h5-13,23H,3-4,14-15H2,1-2H3,(H,27,30)/t23-/m1/s1. The van der Waals surface area contributed by atoms with Crippen LogP contribution in [0.1, 0.15) is 26.0 Å². The number of thioether (sulfide) groups is 1. The van der Waals surface area contributed by atoms with E-state index in [0.717, 1.165) is 0 Å². The number of benzene rings is 2. The van der Waals surface area contributed by atoms with E-state index in [9.17, 15) is 9.59 Å². The maximum Gasteiger partial charge on any atom is 0.262 e. The molecule has 1 aliphatic rings. The largest absolute Gasteiger partial charge is 0.492 e. The third-order valence-electron chi connectivity index (χ3n) is 5.66.